The van der Waals surface area contributed by atoms with E-state index < -0.39 is 6.09 Å². The van der Waals surface area contributed by atoms with Crippen molar-refractivity contribution in [3.05, 3.63) is 30.7 Å². The Labute approximate surface area is 122 Å². The van der Waals surface area contributed by atoms with Gasteiger partial charge in [-0.1, -0.05) is 0 Å². The molecule has 1 fully saturated rings. The maximum absolute atomic E-state index is 10.9. The average Bonchev–Trinajstić information content (AvgIpc) is 2.98. The monoisotopic (exact) mass is 287 g/mol. The zero-order valence-corrected chi connectivity index (χ0v) is 11.5. The number of aromatic nitrogens is 3. The van der Waals surface area contributed by atoms with Crippen LogP contribution in [0.2, 0.25) is 0 Å². The number of carboxylic acid groups (broad SMARTS) is 1. The number of anilines is 1. The molecule has 0 atom stereocenters. The second kappa shape index (κ2) is 5.43. The maximum Gasteiger partial charge on any atom is 0.407 e. The van der Waals surface area contributed by atoms with Crippen molar-refractivity contribution < 1.29 is 9.90 Å². The van der Waals surface area contributed by atoms with Crippen LogP contribution in [0.4, 0.5) is 10.6 Å². The Hall–Kier alpha value is -2.57. The van der Waals surface area contributed by atoms with Crippen molar-refractivity contribution in [2.45, 2.75) is 18.9 Å². The molecule has 0 aliphatic carbocycles. The third-order valence-corrected chi connectivity index (χ3v) is 3.83. The number of carbonyl (C=O) groups is 1. The summed E-state index contributed by atoms with van der Waals surface area (Å²) in [6, 6.07) is 3.92. The van der Waals surface area contributed by atoms with Gasteiger partial charge in [0.1, 0.15) is 5.82 Å². The Morgan fingerprint density at radius 3 is 2.62 bits per heavy atom. The van der Waals surface area contributed by atoms with Crippen molar-refractivity contribution in [1.29, 1.82) is 0 Å². The second-order valence-electron chi connectivity index (χ2n) is 5.18. The summed E-state index contributed by atoms with van der Waals surface area (Å²) in [4.78, 5) is 16.4. The third kappa shape index (κ3) is 2.81. The van der Waals surface area contributed by atoms with Crippen molar-refractivity contribution >= 4 is 11.9 Å². The number of hydrogen-bond donors (Lipinski definition) is 2. The molecule has 1 aliphatic rings. The van der Waals surface area contributed by atoms with Gasteiger partial charge in [0.2, 0.25) is 0 Å². The summed E-state index contributed by atoms with van der Waals surface area (Å²) < 4.78 is 1.92. The van der Waals surface area contributed by atoms with Gasteiger partial charge in [-0.25, -0.2) is 9.78 Å². The van der Waals surface area contributed by atoms with Crippen molar-refractivity contribution in [3.8, 4) is 11.1 Å². The van der Waals surface area contributed by atoms with Gasteiger partial charge in [0.15, 0.2) is 0 Å². The Kier molecular flexibility index (Phi) is 3.47. The van der Waals surface area contributed by atoms with E-state index in [1.54, 1.807) is 18.5 Å². The van der Waals surface area contributed by atoms with Crippen LogP contribution in [0.1, 0.15) is 18.9 Å². The Morgan fingerprint density at radius 1 is 1.24 bits per heavy atom. The molecular weight excluding hydrogens is 270 g/mol. The van der Waals surface area contributed by atoms with Crippen molar-refractivity contribution in [1.82, 2.24) is 19.7 Å². The Bertz CT molecular complexity index is 629. The fourth-order valence-electron chi connectivity index (χ4n) is 2.58. The number of pyridine rings is 1. The molecule has 3 rings (SSSR count). The minimum absolute atomic E-state index is 0.246. The van der Waals surface area contributed by atoms with Crippen LogP contribution in [0.15, 0.2) is 30.7 Å². The molecule has 2 aromatic rings. The van der Waals surface area contributed by atoms with Crippen LogP contribution < -0.4 is 5.73 Å². The van der Waals surface area contributed by atoms with Gasteiger partial charge < -0.3 is 15.7 Å². The lowest BCUT2D eigenvalue weighted by atomic mass is 10.1. The fourth-order valence-corrected chi connectivity index (χ4v) is 2.58. The van der Waals surface area contributed by atoms with Gasteiger partial charge in [-0.2, -0.15) is 5.10 Å². The number of likely N-dealkylation sites (tertiary alicyclic amines) is 1. The van der Waals surface area contributed by atoms with Crippen LogP contribution in [0.25, 0.3) is 11.1 Å². The zero-order chi connectivity index (χ0) is 14.8. The minimum Gasteiger partial charge on any atom is -0.465 e. The molecule has 0 radical (unpaired) electrons. The molecule has 1 aliphatic heterocycles. The van der Waals surface area contributed by atoms with Gasteiger partial charge in [-0.05, 0) is 25.0 Å². The summed E-state index contributed by atoms with van der Waals surface area (Å²) in [5.74, 6) is 0.493. The predicted octanol–water partition coefficient (Wildman–Crippen LogP) is 1.84. The van der Waals surface area contributed by atoms with Crippen LogP contribution in [-0.4, -0.2) is 44.0 Å². The quantitative estimate of drug-likeness (QED) is 0.878. The van der Waals surface area contributed by atoms with Crippen LogP contribution in [0, 0.1) is 0 Å². The summed E-state index contributed by atoms with van der Waals surface area (Å²) >= 11 is 0. The molecular formula is C14H17N5O2. The number of nitrogens with two attached hydrogens (primary N) is 1. The lowest BCUT2D eigenvalue weighted by Gasteiger charge is -2.30. The van der Waals surface area contributed by atoms with Gasteiger partial charge in [0.25, 0.3) is 0 Å². The normalized spacial score (nSPS) is 16.1. The van der Waals surface area contributed by atoms with E-state index in [1.165, 1.54) is 4.90 Å². The maximum atomic E-state index is 10.9. The number of amides is 1. The SMILES string of the molecule is Nc1ccc(-c2cnn(C3CCN(C(=O)O)CC3)c2)cn1. The van der Waals surface area contributed by atoms with E-state index in [9.17, 15) is 4.79 Å². The first-order valence-electron chi connectivity index (χ1n) is 6.87. The molecule has 0 saturated carbocycles. The molecule has 3 heterocycles. The summed E-state index contributed by atoms with van der Waals surface area (Å²) in [6.45, 7) is 1.11. The van der Waals surface area contributed by atoms with Crippen molar-refractivity contribution in [2.75, 3.05) is 18.8 Å². The average molecular weight is 287 g/mol. The lowest BCUT2D eigenvalue weighted by molar-refractivity contribution is 0.124. The third-order valence-electron chi connectivity index (χ3n) is 3.83. The molecule has 7 heteroatoms. The van der Waals surface area contributed by atoms with Crippen LogP contribution in [-0.2, 0) is 0 Å². The van der Waals surface area contributed by atoms with E-state index in [0.717, 1.165) is 24.0 Å². The highest BCUT2D eigenvalue weighted by Crippen LogP contribution is 2.25. The Morgan fingerprint density at radius 2 is 2.00 bits per heavy atom. The molecule has 110 valence electrons. The first-order valence-corrected chi connectivity index (χ1v) is 6.87. The van der Waals surface area contributed by atoms with Crippen LogP contribution in [0.5, 0.6) is 0 Å². The van der Waals surface area contributed by atoms with E-state index in [2.05, 4.69) is 10.1 Å². The van der Waals surface area contributed by atoms with Gasteiger partial charge in [-0.15, -0.1) is 0 Å². The number of rotatable bonds is 2. The Balaban J connectivity index is 1.71. The molecule has 7 nitrogen and oxygen atoms in total. The molecule has 1 amide bonds. The highest BCUT2D eigenvalue weighted by molar-refractivity contribution is 5.65. The van der Waals surface area contributed by atoms with E-state index in [1.807, 2.05) is 16.9 Å². The first-order chi connectivity index (χ1) is 10.1. The molecule has 2 aromatic heterocycles. The molecule has 0 bridgehead atoms. The smallest absolute Gasteiger partial charge is 0.407 e. The second-order valence-corrected chi connectivity index (χ2v) is 5.18. The highest BCUT2D eigenvalue weighted by atomic mass is 16.4. The summed E-state index contributed by atoms with van der Waals surface area (Å²) in [7, 11) is 0. The first kappa shape index (κ1) is 13.4. The molecule has 0 spiro atoms. The van der Waals surface area contributed by atoms with E-state index in [-0.39, 0.29) is 6.04 Å². The number of nitrogens with zero attached hydrogens (tertiary/aromatic N) is 4. The van der Waals surface area contributed by atoms with Crippen molar-refractivity contribution in [3.63, 3.8) is 0 Å². The molecule has 21 heavy (non-hydrogen) atoms. The van der Waals surface area contributed by atoms with Crippen LogP contribution >= 0.6 is 0 Å². The molecule has 0 unspecified atom stereocenters. The minimum atomic E-state index is -0.845. The molecule has 1 saturated heterocycles. The zero-order valence-electron chi connectivity index (χ0n) is 11.5. The summed E-state index contributed by atoms with van der Waals surface area (Å²) in [5.41, 5.74) is 7.54. The van der Waals surface area contributed by atoms with Gasteiger partial charge >= 0.3 is 6.09 Å². The van der Waals surface area contributed by atoms with Gasteiger partial charge in [-0.3, -0.25) is 4.68 Å². The highest BCUT2D eigenvalue weighted by Gasteiger charge is 2.23. The topological polar surface area (TPSA) is 97.3 Å². The lowest BCUT2D eigenvalue weighted by Crippen LogP contribution is -2.38. The standard InChI is InChI=1S/C14H17N5O2/c15-13-2-1-10(7-16-13)11-8-17-19(9-11)12-3-5-18(6-4-12)14(20)21/h1-2,7-9,12H,3-6H2,(H2,15,16)(H,20,21). The van der Waals surface area contributed by atoms with Gasteiger partial charge in [0, 0.05) is 36.6 Å². The predicted molar refractivity (Wildman–Crippen MR) is 77.7 cm³/mol. The van der Waals surface area contributed by atoms with E-state index in [0.29, 0.717) is 18.9 Å². The molecule has 0 aromatic carbocycles. The number of hydrogen-bond acceptors (Lipinski definition) is 4. The molecule has 3 N–H and O–H groups in total. The van der Waals surface area contributed by atoms with Crippen LogP contribution in [0.3, 0.4) is 0 Å². The van der Waals surface area contributed by atoms with Crippen molar-refractivity contribution in [2.24, 2.45) is 0 Å². The fraction of sp³-hybridized carbons (Fsp3) is 0.357. The largest absolute Gasteiger partial charge is 0.465 e. The number of nitrogen functional groups attached to an aromatic ring is 1. The summed E-state index contributed by atoms with van der Waals surface area (Å²) in [5, 5.41) is 13.4. The van der Waals surface area contributed by atoms with E-state index in [4.69, 9.17) is 10.8 Å². The van der Waals surface area contributed by atoms with Gasteiger partial charge in [0.05, 0.1) is 12.2 Å². The summed E-state index contributed by atoms with van der Waals surface area (Å²) in [6.07, 6.45) is 6.23. The van der Waals surface area contributed by atoms with E-state index >= 15 is 0 Å². The number of piperidine rings is 1.